The molecule has 0 atom stereocenters. The van der Waals surface area contributed by atoms with Gasteiger partial charge in [0.05, 0.1) is 14.2 Å². The summed E-state index contributed by atoms with van der Waals surface area (Å²) in [6.45, 7) is 4.03. The zero-order chi connectivity index (χ0) is 11.8. The monoisotopic (exact) mass is 214 g/mol. The third-order valence-corrected chi connectivity index (χ3v) is 1.86. The average molecular weight is 214 g/mol. The minimum absolute atomic E-state index is 0.317. The van der Waals surface area contributed by atoms with Crippen molar-refractivity contribution in [3.05, 3.63) is 12.2 Å². The van der Waals surface area contributed by atoms with E-state index in [1.807, 2.05) is 19.9 Å². The van der Waals surface area contributed by atoms with Crippen LogP contribution in [0.1, 0.15) is 20.3 Å². The van der Waals surface area contributed by atoms with E-state index >= 15 is 0 Å². The Hall–Kier alpha value is -1.32. The van der Waals surface area contributed by atoms with E-state index in [1.165, 1.54) is 14.2 Å². The second kappa shape index (κ2) is 7.04. The summed E-state index contributed by atoms with van der Waals surface area (Å²) >= 11 is 0. The fourth-order valence-electron chi connectivity index (χ4n) is 1.06. The van der Waals surface area contributed by atoms with Crippen LogP contribution in [-0.4, -0.2) is 26.2 Å². The first-order chi connectivity index (χ1) is 7.02. The molecule has 0 amide bonds. The molecule has 15 heavy (non-hydrogen) atoms. The van der Waals surface area contributed by atoms with E-state index in [0.717, 1.165) is 0 Å². The largest absolute Gasteiger partial charge is 0.468 e. The minimum atomic E-state index is -0.852. The Morgan fingerprint density at radius 2 is 1.60 bits per heavy atom. The van der Waals surface area contributed by atoms with Gasteiger partial charge >= 0.3 is 11.9 Å². The number of carbonyl (C=O) groups is 2. The summed E-state index contributed by atoms with van der Waals surface area (Å²) in [7, 11) is 2.51. The molecule has 0 aromatic heterocycles. The molecule has 4 heteroatoms. The first-order valence-electron chi connectivity index (χ1n) is 4.85. The van der Waals surface area contributed by atoms with Crippen molar-refractivity contribution in [3.8, 4) is 0 Å². The predicted octanol–water partition coefficient (Wildman–Crippen LogP) is 1.55. The Balaban J connectivity index is 4.38. The second-order valence-corrected chi connectivity index (χ2v) is 3.51. The van der Waals surface area contributed by atoms with Gasteiger partial charge in [-0.05, 0) is 12.3 Å². The van der Waals surface area contributed by atoms with Crippen molar-refractivity contribution in [2.75, 3.05) is 14.2 Å². The molecule has 0 fully saturated rings. The van der Waals surface area contributed by atoms with Gasteiger partial charge in [0.15, 0.2) is 5.92 Å². The van der Waals surface area contributed by atoms with Crippen molar-refractivity contribution in [3.63, 3.8) is 0 Å². The van der Waals surface area contributed by atoms with E-state index in [-0.39, 0.29) is 0 Å². The molecule has 0 saturated heterocycles. The van der Waals surface area contributed by atoms with Gasteiger partial charge in [-0.25, -0.2) is 0 Å². The van der Waals surface area contributed by atoms with E-state index in [1.54, 1.807) is 6.08 Å². The van der Waals surface area contributed by atoms with Gasteiger partial charge in [0.1, 0.15) is 0 Å². The Morgan fingerprint density at radius 1 is 1.13 bits per heavy atom. The molecule has 0 rings (SSSR count). The van der Waals surface area contributed by atoms with Crippen LogP contribution in [0.3, 0.4) is 0 Å². The number of allylic oxidation sites excluding steroid dienone is 2. The number of rotatable bonds is 5. The van der Waals surface area contributed by atoms with Crippen molar-refractivity contribution in [1.82, 2.24) is 0 Å². The first-order valence-corrected chi connectivity index (χ1v) is 4.85. The number of esters is 2. The van der Waals surface area contributed by atoms with E-state index in [9.17, 15) is 9.59 Å². The molecular weight excluding hydrogens is 196 g/mol. The summed E-state index contributed by atoms with van der Waals surface area (Å²) < 4.78 is 9.04. The summed E-state index contributed by atoms with van der Waals surface area (Å²) in [5, 5.41) is 0. The van der Waals surface area contributed by atoms with E-state index in [4.69, 9.17) is 0 Å². The lowest BCUT2D eigenvalue weighted by molar-refractivity contribution is -0.158. The highest BCUT2D eigenvalue weighted by atomic mass is 16.5. The molecule has 0 unspecified atom stereocenters. The highest BCUT2D eigenvalue weighted by Crippen LogP contribution is 2.10. The zero-order valence-corrected chi connectivity index (χ0v) is 9.65. The van der Waals surface area contributed by atoms with Crippen LogP contribution in [0.25, 0.3) is 0 Å². The number of carbonyl (C=O) groups excluding carboxylic acids is 2. The van der Waals surface area contributed by atoms with Gasteiger partial charge in [0.25, 0.3) is 0 Å². The number of hydrogen-bond donors (Lipinski definition) is 0. The van der Waals surface area contributed by atoms with Gasteiger partial charge in [0.2, 0.25) is 0 Å². The molecule has 0 radical (unpaired) electrons. The lowest BCUT2D eigenvalue weighted by Crippen LogP contribution is -2.25. The number of methoxy groups -OCH3 is 2. The summed E-state index contributed by atoms with van der Waals surface area (Å²) in [4.78, 5) is 22.5. The number of hydrogen-bond acceptors (Lipinski definition) is 4. The lowest BCUT2D eigenvalue weighted by Gasteiger charge is -2.09. The maximum atomic E-state index is 11.2. The summed E-state index contributed by atoms with van der Waals surface area (Å²) in [5.41, 5.74) is 0. The molecule has 0 aliphatic rings. The van der Waals surface area contributed by atoms with Crippen LogP contribution in [0.5, 0.6) is 0 Å². The summed E-state index contributed by atoms with van der Waals surface area (Å²) in [5.74, 6) is -1.58. The SMILES string of the molecule is COC(=O)C(C/C=C/C(C)C)C(=O)OC. The molecule has 0 aliphatic heterocycles. The van der Waals surface area contributed by atoms with E-state index in [2.05, 4.69) is 9.47 Å². The maximum Gasteiger partial charge on any atom is 0.320 e. The molecule has 0 saturated carbocycles. The molecule has 0 bridgehead atoms. The molecule has 0 N–H and O–H groups in total. The Labute approximate surface area is 90.2 Å². The third kappa shape index (κ3) is 5.20. The van der Waals surface area contributed by atoms with E-state index < -0.39 is 17.9 Å². The van der Waals surface area contributed by atoms with Gasteiger partial charge in [-0.1, -0.05) is 26.0 Å². The molecule has 86 valence electrons. The van der Waals surface area contributed by atoms with Crippen molar-refractivity contribution in [2.24, 2.45) is 11.8 Å². The molecule has 0 heterocycles. The minimum Gasteiger partial charge on any atom is -0.468 e. The Kier molecular flexibility index (Phi) is 6.42. The lowest BCUT2D eigenvalue weighted by atomic mass is 10.0. The molecule has 4 nitrogen and oxygen atoms in total. The predicted molar refractivity (Wildman–Crippen MR) is 56.1 cm³/mol. The summed E-state index contributed by atoms with van der Waals surface area (Å²) in [6.07, 6.45) is 4.04. The van der Waals surface area contributed by atoms with Crippen LogP contribution in [0.2, 0.25) is 0 Å². The maximum absolute atomic E-state index is 11.2. The molecule has 0 spiro atoms. The van der Waals surface area contributed by atoms with Crippen LogP contribution in [0.4, 0.5) is 0 Å². The van der Waals surface area contributed by atoms with E-state index in [0.29, 0.717) is 12.3 Å². The van der Waals surface area contributed by atoms with Crippen LogP contribution in [-0.2, 0) is 19.1 Å². The van der Waals surface area contributed by atoms with Gasteiger partial charge in [0, 0.05) is 0 Å². The summed E-state index contributed by atoms with van der Waals surface area (Å²) in [6, 6.07) is 0. The van der Waals surface area contributed by atoms with Crippen LogP contribution >= 0.6 is 0 Å². The molecule has 0 aromatic carbocycles. The standard InChI is InChI=1S/C11H18O4/c1-8(2)6-5-7-9(10(12)14-3)11(13)15-4/h5-6,8-9H,7H2,1-4H3/b6-5+. The topological polar surface area (TPSA) is 52.6 Å². The third-order valence-electron chi connectivity index (χ3n) is 1.86. The fourth-order valence-corrected chi connectivity index (χ4v) is 1.06. The zero-order valence-electron chi connectivity index (χ0n) is 9.65. The van der Waals surface area contributed by atoms with Gasteiger partial charge in [-0.2, -0.15) is 0 Å². The van der Waals surface area contributed by atoms with Gasteiger partial charge in [-0.15, -0.1) is 0 Å². The quantitative estimate of drug-likeness (QED) is 0.396. The Bertz CT molecular complexity index is 227. The van der Waals surface area contributed by atoms with Crippen LogP contribution < -0.4 is 0 Å². The van der Waals surface area contributed by atoms with Gasteiger partial charge in [-0.3, -0.25) is 9.59 Å². The van der Waals surface area contributed by atoms with Gasteiger partial charge < -0.3 is 9.47 Å². The normalized spacial score (nSPS) is 11.1. The highest BCUT2D eigenvalue weighted by Gasteiger charge is 2.26. The van der Waals surface area contributed by atoms with Crippen molar-refractivity contribution < 1.29 is 19.1 Å². The Morgan fingerprint density at radius 3 is 1.93 bits per heavy atom. The fraction of sp³-hybridized carbons (Fsp3) is 0.636. The van der Waals surface area contributed by atoms with Crippen molar-refractivity contribution >= 4 is 11.9 Å². The first kappa shape index (κ1) is 13.7. The number of ether oxygens (including phenoxy) is 2. The molecule has 0 aliphatic carbocycles. The van der Waals surface area contributed by atoms with Crippen LogP contribution in [0.15, 0.2) is 12.2 Å². The highest BCUT2D eigenvalue weighted by molar-refractivity contribution is 5.94. The van der Waals surface area contributed by atoms with Crippen molar-refractivity contribution in [2.45, 2.75) is 20.3 Å². The average Bonchev–Trinajstić information content (AvgIpc) is 2.22. The van der Waals surface area contributed by atoms with Crippen LogP contribution in [0, 0.1) is 11.8 Å². The van der Waals surface area contributed by atoms with Crippen molar-refractivity contribution in [1.29, 1.82) is 0 Å². The second-order valence-electron chi connectivity index (χ2n) is 3.51. The molecule has 0 aromatic rings. The molecular formula is C11H18O4. The smallest absolute Gasteiger partial charge is 0.320 e.